The quantitative estimate of drug-likeness (QED) is 0.521. The van der Waals surface area contributed by atoms with Crippen LogP contribution in [-0.4, -0.2) is 46.4 Å². The van der Waals surface area contributed by atoms with E-state index in [0.717, 1.165) is 18.0 Å². The van der Waals surface area contributed by atoms with Gasteiger partial charge >= 0.3 is 0 Å². The number of halogens is 2. The normalized spacial score (nSPS) is 15.0. The van der Waals surface area contributed by atoms with Crippen molar-refractivity contribution in [2.24, 2.45) is 0 Å². The van der Waals surface area contributed by atoms with Gasteiger partial charge in [-0.1, -0.05) is 11.6 Å². The fourth-order valence-corrected chi connectivity index (χ4v) is 2.67. The molecule has 0 bridgehead atoms. The minimum atomic E-state index is -0.608. The van der Waals surface area contributed by atoms with Crippen molar-refractivity contribution in [2.45, 2.75) is 0 Å². The van der Waals surface area contributed by atoms with Gasteiger partial charge in [0.2, 0.25) is 6.29 Å². The van der Waals surface area contributed by atoms with Crippen LogP contribution in [0.15, 0.2) is 18.2 Å². The van der Waals surface area contributed by atoms with E-state index in [1.54, 1.807) is 4.31 Å². The first kappa shape index (κ1) is 15.7. The fraction of sp³-hybridized carbons (Fsp3) is 0.250. The third-order valence-corrected chi connectivity index (χ3v) is 3.85. The van der Waals surface area contributed by atoms with E-state index in [2.05, 4.69) is 5.32 Å². The minimum absolute atomic E-state index is 0.0817. The zero-order valence-electron chi connectivity index (χ0n) is 10.7. The summed E-state index contributed by atoms with van der Waals surface area (Å²) in [5.74, 6) is -1.17. The molecule has 1 aliphatic rings. The smallest absolute Gasteiger partial charge is 0.298 e. The summed E-state index contributed by atoms with van der Waals surface area (Å²) in [6.07, 6.45) is 0.245. The molecular formula is C12H11ClFN3O3S. The van der Waals surface area contributed by atoms with E-state index in [9.17, 15) is 18.8 Å². The van der Waals surface area contributed by atoms with Gasteiger partial charge in [0.15, 0.2) is 0 Å². The summed E-state index contributed by atoms with van der Waals surface area (Å²) >= 11 is 6.50. The first-order chi connectivity index (χ1) is 9.99. The highest BCUT2D eigenvalue weighted by atomic mass is 35.5. The highest BCUT2D eigenvalue weighted by molar-refractivity contribution is 8.11. The van der Waals surface area contributed by atoms with Crippen LogP contribution in [0.5, 0.6) is 0 Å². The number of amides is 2. The van der Waals surface area contributed by atoms with Crippen LogP contribution in [0.25, 0.3) is 0 Å². The molecule has 2 rings (SSSR count). The van der Waals surface area contributed by atoms with E-state index in [1.165, 1.54) is 17.0 Å². The summed E-state index contributed by atoms with van der Waals surface area (Å²) in [6, 6.07) is 3.86. The van der Waals surface area contributed by atoms with Crippen molar-refractivity contribution in [3.05, 3.63) is 29.0 Å². The predicted octanol–water partition coefficient (Wildman–Crippen LogP) is 1.96. The summed E-state index contributed by atoms with van der Waals surface area (Å²) in [4.78, 5) is 34.7. The Labute approximate surface area is 129 Å². The highest BCUT2D eigenvalue weighted by Crippen LogP contribution is 2.22. The van der Waals surface area contributed by atoms with Gasteiger partial charge in [0.1, 0.15) is 5.82 Å². The number of nitrogens with zero attached hydrogens (tertiary/aromatic N) is 2. The molecule has 1 aromatic rings. The maximum absolute atomic E-state index is 13.0. The van der Waals surface area contributed by atoms with Crippen LogP contribution in [0.4, 0.5) is 14.9 Å². The van der Waals surface area contributed by atoms with Crippen molar-refractivity contribution in [3.8, 4) is 0 Å². The molecule has 6 nitrogen and oxygen atoms in total. The van der Waals surface area contributed by atoms with Gasteiger partial charge in [-0.15, -0.1) is 0 Å². The lowest BCUT2D eigenvalue weighted by molar-refractivity contribution is -0.138. The monoisotopic (exact) mass is 331 g/mol. The lowest BCUT2D eigenvalue weighted by Gasteiger charge is -2.14. The Hall–Kier alpha value is -1.64. The van der Waals surface area contributed by atoms with E-state index in [0.29, 0.717) is 18.8 Å². The molecule has 2 amide bonds. The number of aldehydes is 1. The largest absolute Gasteiger partial charge is 0.321 e. The maximum Gasteiger partial charge on any atom is 0.298 e. The summed E-state index contributed by atoms with van der Waals surface area (Å²) in [6.45, 7) is 1.06. The lowest BCUT2D eigenvalue weighted by Crippen LogP contribution is -2.30. The van der Waals surface area contributed by atoms with Crippen molar-refractivity contribution in [3.63, 3.8) is 0 Å². The molecule has 0 saturated carbocycles. The van der Waals surface area contributed by atoms with Crippen LogP contribution in [0.3, 0.4) is 0 Å². The molecule has 1 fully saturated rings. The van der Waals surface area contributed by atoms with E-state index >= 15 is 0 Å². The second-order valence-electron chi connectivity index (χ2n) is 4.20. The van der Waals surface area contributed by atoms with Gasteiger partial charge in [-0.2, -0.15) is 0 Å². The third kappa shape index (κ3) is 4.16. The zero-order chi connectivity index (χ0) is 15.4. The average molecular weight is 332 g/mol. The standard InChI is InChI=1S/C12H11ClFN3O3S/c13-9-5-8(1-2-10(9)14)15-12(20)21-17-4-3-16(7-17)11(19)6-18/h1-2,5-6H,3-4,7H2,(H,15,20). The number of carbonyl (C=O) groups excluding carboxylic acids is 3. The number of anilines is 1. The van der Waals surface area contributed by atoms with Crippen molar-refractivity contribution >= 4 is 46.7 Å². The molecule has 0 spiro atoms. The molecule has 112 valence electrons. The van der Waals surface area contributed by atoms with Gasteiger partial charge in [-0.05, 0) is 18.2 Å². The van der Waals surface area contributed by atoms with Crippen LogP contribution in [-0.2, 0) is 9.59 Å². The summed E-state index contributed by atoms with van der Waals surface area (Å²) in [5.41, 5.74) is 0.374. The van der Waals surface area contributed by atoms with Gasteiger partial charge in [-0.25, -0.2) is 8.70 Å². The van der Waals surface area contributed by atoms with E-state index in [4.69, 9.17) is 11.6 Å². The van der Waals surface area contributed by atoms with Gasteiger partial charge in [0.25, 0.3) is 11.1 Å². The molecule has 1 aliphatic heterocycles. The number of benzene rings is 1. The fourth-order valence-electron chi connectivity index (χ4n) is 1.72. The predicted molar refractivity (Wildman–Crippen MR) is 77.4 cm³/mol. The topological polar surface area (TPSA) is 69.7 Å². The number of carbonyl (C=O) groups is 3. The number of nitrogens with one attached hydrogen (secondary N) is 1. The third-order valence-electron chi connectivity index (χ3n) is 2.74. The Morgan fingerprint density at radius 1 is 1.38 bits per heavy atom. The minimum Gasteiger partial charge on any atom is -0.321 e. The van der Waals surface area contributed by atoms with Crippen molar-refractivity contribution in [1.29, 1.82) is 0 Å². The molecule has 21 heavy (non-hydrogen) atoms. The van der Waals surface area contributed by atoms with Gasteiger partial charge in [-0.3, -0.25) is 14.4 Å². The second kappa shape index (κ2) is 6.88. The summed E-state index contributed by atoms with van der Waals surface area (Å²) in [5, 5.41) is 2.08. The average Bonchev–Trinajstić information content (AvgIpc) is 2.90. The second-order valence-corrected chi connectivity index (χ2v) is 5.68. The molecule has 0 unspecified atom stereocenters. The molecule has 1 N–H and O–H groups in total. The molecule has 9 heteroatoms. The summed E-state index contributed by atoms with van der Waals surface area (Å²) in [7, 11) is 0. The Balaban J connectivity index is 1.86. The Kier molecular flexibility index (Phi) is 5.16. The zero-order valence-corrected chi connectivity index (χ0v) is 12.3. The first-order valence-electron chi connectivity index (χ1n) is 5.92. The first-order valence-corrected chi connectivity index (χ1v) is 7.08. The maximum atomic E-state index is 13.0. The SMILES string of the molecule is O=CC(=O)N1CCN(SC(=O)Nc2ccc(F)c(Cl)c2)C1. The Morgan fingerprint density at radius 3 is 2.81 bits per heavy atom. The molecule has 1 heterocycles. The number of hydrogen-bond acceptors (Lipinski definition) is 5. The molecule has 0 atom stereocenters. The highest BCUT2D eigenvalue weighted by Gasteiger charge is 2.26. The molecular weight excluding hydrogens is 321 g/mol. The van der Waals surface area contributed by atoms with Crippen LogP contribution in [0.2, 0.25) is 5.02 Å². The van der Waals surface area contributed by atoms with Crippen molar-refractivity contribution in [1.82, 2.24) is 9.21 Å². The Bertz CT molecular complexity index is 587. The van der Waals surface area contributed by atoms with Crippen molar-refractivity contribution in [2.75, 3.05) is 25.1 Å². The van der Waals surface area contributed by atoms with E-state index < -0.39 is 17.0 Å². The number of rotatable bonds is 3. The van der Waals surface area contributed by atoms with Gasteiger partial charge < -0.3 is 10.2 Å². The van der Waals surface area contributed by atoms with Crippen molar-refractivity contribution < 1.29 is 18.8 Å². The molecule has 0 aromatic heterocycles. The van der Waals surface area contributed by atoms with Gasteiger partial charge in [0, 0.05) is 30.7 Å². The molecule has 1 aromatic carbocycles. The molecule has 1 saturated heterocycles. The van der Waals surface area contributed by atoms with Gasteiger partial charge in [0.05, 0.1) is 11.7 Å². The van der Waals surface area contributed by atoms with Crippen LogP contribution in [0.1, 0.15) is 0 Å². The van der Waals surface area contributed by atoms with Crippen LogP contribution < -0.4 is 5.32 Å². The van der Waals surface area contributed by atoms with Crippen LogP contribution in [0, 0.1) is 5.82 Å². The summed E-state index contributed by atoms with van der Waals surface area (Å²) < 4.78 is 14.6. The van der Waals surface area contributed by atoms with E-state index in [-0.39, 0.29) is 18.0 Å². The molecule has 0 aliphatic carbocycles. The van der Waals surface area contributed by atoms with E-state index in [1.807, 2.05) is 0 Å². The van der Waals surface area contributed by atoms with Crippen LogP contribution >= 0.6 is 23.5 Å². The molecule has 0 radical (unpaired) electrons. The lowest BCUT2D eigenvalue weighted by atomic mass is 10.3. The number of hydrogen-bond donors (Lipinski definition) is 1. The Morgan fingerprint density at radius 2 is 2.14 bits per heavy atom.